The summed E-state index contributed by atoms with van der Waals surface area (Å²) in [5.41, 5.74) is 1.96. The maximum Gasteiger partial charge on any atom is 0.306 e. The van der Waals surface area contributed by atoms with Crippen molar-refractivity contribution in [2.24, 2.45) is 5.92 Å². The number of hydrogen-bond acceptors (Lipinski definition) is 5. The second-order valence-corrected chi connectivity index (χ2v) is 5.60. The van der Waals surface area contributed by atoms with Crippen LogP contribution >= 0.6 is 0 Å². The molecule has 0 spiro atoms. The molecule has 0 amide bonds. The average Bonchev–Trinajstić information content (AvgIpc) is 2.46. The lowest BCUT2D eigenvalue weighted by Gasteiger charge is -2.29. The van der Waals surface area contributed by atoms with Crippen molar-refractivity contribution in [3.63, 3.8) is 0 Å². The molecular weight excluding hydrogens is 258 g/mol. The molecule has 0 radical (unpaired) electrons. The molecule has 108 valence electrons. The van der Waals surface area contributed by atoms with Gasteiger partial charge < -0.3 is 14.7 Å². The van der Waals surface area contributed by atoms with E-state index < -0.39 is 5.97 Å². The average molecular weight is 277 g/mol. The van der Waals surface area contributed by atoms with Gasteiger partial charge in [0.15, 0.2) is 5.82 Å². The molecule has 3 rings (SSSR count). The largest absolute Gasteiger partial charge is 0.481 e. The lowest BCUT2D eigenvalue weighted by molar-refractivity contribution is -0.142. The first-order valence-electron chi connectivity index (χ1n) is 7.01. The number of aliphatic carboxylic acids is 1. The zero-order valence-corrected chi connectivity index (χ0v) is 11.6. The molecule has 1 fully saturated rings. The quantitative estimate of drug-likeness (QED) is 0.856. The van der Waals surface area contributed by atoms with Crippen molar-refractivity contribution in [2.75, 3.05) is 26.7 Å². The van der Waals surface area contributed by atoms with Gasteiger partial charge in [-0.2, -0.15) is 0 Å². The number of rotatable bonds is 2. The van der Waals surface area contributed by atoms with Crippen molar-refractivity contribution in [1.29, 1.82) is 0 Å². The number of fused-ring (bicyclic) bond motifs is 1. The minimum absolute atomic E-state index is 0.0729. The third-order valence-electron chi connectivity index (χ3n) is 4.08. The fraction of sp³-hybridized carbons (Fsp3) is 0.643. The van der Waals surface area contributed by atoms with Crippen LogP contribution in [-0.2, 0) is 22.4 Å². The lowest BCUT2D eigenvalue weighted by Crippen LogP contribution is -2.36. The van der Waals surface area contributed by atoms with Crippen molar-refractivity contribution < 1.29 is 14.6 Å². The molecule has 2 unspecified atom stereocenters. The predicted molar refractivity (Wildman–Crippen MR) is 71.4 cm³/mol. The Morgan fingerprint density at radius 1 is 1.55 bits per heavy atom. The van der Waals surface area contributed by atoms with Crippen LogP contribution in [-0.4, -0.2) is 52.7 Å². The van der Waals surface area contributed by atoms with Crippen LogP contribution in [0.5, 0.6) is 0 Å². The van der Waals surface area contributed by atoms with Gasteiger partial charge in [0, 0.05) is 25.0 Å². The molecule has 20 heavy (non-hydrogen) atoms. The molecule has 2 heterocycles. The topological polar surface area (TPSA) is 75.5 Å². The first-order chi connectivity index (χ1) is 9.63. The highest BCUT2D eigenvalue weighted by Crippen LogP contribution is 2.26. The summed E-state index contributed by atoms with van der Waals surface area (Å²) in [5, 5.41) is 9.09. The highest BCUT2D eigenvalue weighted by molar-refractivity contribution is 5.70. The predicted octanol–water partition coefficient (Wildman–Crippen LogP) is 0.669. The number of carboxylic acid groups (broad SMARTS) is 1. The van der Waals surface area contributed by atoms with Gasteiger partial charge in [-0.05, 0) is 31.9 Å². The number of aryl methyl sites for hydroxylation is 1. The summed E-state index contributed by atoms with van der Waals surface area (Å²) in [7, 11) is 2.06. The van der Waals surface area contributed by atoms with Gasteiger partial charge in [0.05, 0.1) is 12.5 Å². The maximum atomic E-state index is 11.0. The van der Waals surface area contributed by atoms with Crippen LogP contribution in [0.2, 0.25) is 0 Å². The standard InChI is InChI=1S/C14H19N3O3/c1-17-4-5-20-12(8-17)13-15-7-10-6-9(14(18)19)2-3-11(10)16-13/h7,9,12H,2-6,8H2,1H3,(H,18,19). The van der Waals surface area contributed by atoms with Crippen LogP contribution in [0.15, 0.2) is 6.20 Å². The van der Waals surface area contributed by atoms with Crippen molar-refractivity contribution in [2.45, 2.75) is 25.4 Å². The normalized spacial score (nSPS) is 27.1. The van der Waals surface area contributed by atoms with E-state index in [1.54, 1.807) is 6.20 Å². The summed E-state index contributed by atoms with van der Waals surface area (Å²) >= 11 is 0. The highest BCUT2D eigenvalue weighted by atomic mass is 16.5. The number of carboxylic acids is 1. The number of morpholine rings is 1. The van der Waals surface area contributed by atoms with Crippen LogP contribution < -0.4 is 0 Å². The number of nitrogens with zero attached hydrogens (tertiary/aromatic N) is 3. The third-order valence-corrected chi connectivity index (χ3v) is 4.08. The Morgan fingerprint density at radius 2 is 2.40 bits per heavy atom. The van der Waals surface area contributed by atoms with Crippen molar-refractivity contribution in [1.82, 2.24) is 14.9 Å². The Hall–Kier alpha value is -1.53. The van der Waals surface area contributed by atoms with Crippen LogP contribution in [0, 0.1) is 5.92 Å². The fourth-order valence-electron chi connectivity index (χ4n) is 2.82. The summed E-state index contributed by atoms with van der Waals surface area (Å²) in [6, 6.07) is 0. The number of aromatic nitrogens is 2. The van der Waals surface area contributed by atoms with Crippen LogP contribution in [0.3, 0.4) is 0 Å². The van der Waals surface area contributed by atoms with Gasteiger partial charge >= 0.3 is 5.97 Å². The van der Waals surface area contributed by atoms with E-state index in [0.29, 0.717) is 25.9 Å². The number of ether oxygens (including phenoxy) is 1. The number of hydrogen-bond donors (Lipinski definition) is 1. The molecule has 1 N–H and O–H groups in total. The van der Waals surface area contributed by atoms with Gasteiger partial charge in [-0.15, -0.1) is 0 Å². The molecule has 0 saturated carbocycles. The number of likely N-dealkylation sites (N-methyl/N-ethyl adjacent to an activating group) is 1. The van der Waals surface area contributed by atoms with Crippen LogP contribution in [0.25, 0.3) is 0 Å². The van der Waals surface area contributed by atoms with Gasteiger partial charge in [-0.1, -0.05) is 0 Å². The van der Waals surface area contributed by atoms with E-state index in [9.17, 15) is 4.79 Å². The Bertz CT molecular complexity index is 520. The molecule has 2 atom stereocenters. The van der Waals surface area contributed by atoms with E-state index >= 15 is 0 Å². The first-order valence-corrected chi connectivity index (χ1v) is 7.01. The Kier molecular flexibility index (Phi) is 3.67. The minimum atomic E-state index is -0.725. The molecule has 1 aliphatic heterocycles. The maximum absolute atomic E-state index is 11.0. The fourth-order valence-corrected chi connectivity index (χ4v) is 2.82. The van der Waals surface area contributed by atoms with Crippen molar-refractivity contribution in [3.8, 4) is 0 Å². The van der Waals surface area contributed by atoms with Crippen molar-refractivity contribution >= 4 is 5.97 Å². The van der Waals surface area contributed by atoms with E-state index in [2.05, 4.69) is 21.9 Å². The highest BCUT2D eigenvalue weighted by Gasteiger charge is 2.28. The lowest BCUT2D eigenvalue weighted by atomic mass is 9.87. The van der Waals surface area contributed by atoms with E-state index in [-0.39, 0.29) is 12.0 Å². The smallest absolute Gasteiger partial charge is 0.306 e. The van der Waals surface area contributed by atoms with Crippen LogP contribution in [0.4, 0.5) is 0 Å². The molecule has 6 nitrogen and oxygen atoms in total. The third kappa shape index (κ3) is 2.66. The summed E-state index contributed by atoms with van der Waals surface area (Å²) < 4.78 is 5.72. The summed E-state index contributed by atoms with van der Waals surface area (Å²) in [5.74, 6) is -0.296. The second kappa shape index (κ2) is 5.46. The number of carbonyl (C=O) groups is 1. The molecule has 0 aromatic carbocycles. The molecule has 1 aliphatic carbocycles. The van der Waals surface area contributed by atoms with E-state index in [4.69, 9.17) is 9.84 Å². The minimum Gasteiger partial charge on any atom is -0.481 e. The Balaban J connectivity index is 1.78. The molecule has 0 bridgehead atoms. The Labute approximate surface area is 117 Å². The SMILES string of the molecule is CN1CCOC(c2ncc3c(n2)CCC(C(=O)O)C3)C1. The van der Waals surface area contributed by atoms with Gasteiger partial charge in [-0.3, -0.25) is 4.79 Å². The molecule has 6 heteroatoms. The van der Waals surface area contributed by atoms with Gasteiger partial charge in [-0.25, -0.2) is 9.97 Å². The van der Waals surface area contributed by atoms with Crippen LogP contribution in [0.1, 0.15) is 29.6 Å². The zero-order valence-electron chi connectivity index (χ0n) is 11.6. The molecule has 1 aromatic rings. The van der Waals surface area contributed by atoms with E-state index in [0.717, 1.165) is 30.2 Å². The first kappa shape index (κ1) is 13.5. The molecule has 2 aliphatic rings. The van der Waals surface area contributed by atoms with Gasteiger partial charge in [0.25, 0.3) is 0 Å². The molecular formula is C14H19N3O3. The summed E-state index contributed by atoms with van der Waals surface area (Å²) in [6.07, 6.45) is 3.62. The van der Waals surface area contributed by atoms with Gasteiger partial charge in [0.2, 0.25) is 0 Å². The Morgan fingerprint density at radius 3 is 3.15 bits per heavy atom. The van der Waals surface area contributed by atoms with Gasteiger partial charge in [0.1, 0.15) is 6.10 Å². The summed E-state index contributed by atoms with van der Waals surface area (Å²) in [6.45, 7) is 2.43. The van der Waals surface area contributed by atoms with E-state index in [1.807, 2.05) is 0 Å². The monoisotopic (exact) mass is 277 g/mol. The zero-order chi connectivity index (χ0) is 14.1. The van der Waals surface area contributed by atoms with E-state index in [1.165, 1.54) is 0 Å². The molecule has 1 saturated heterocycles. The summed E-state index contributed by atoms with van der Waals surface area (Å²) in [4.78, 5) is 22.3. The molecule has 1 aromatic heterocycles. The van der Waals surface area contributed by atoms with Crippen molar-refractivity contribution in [3.05, 3.63) is 23.3 Å². The second-order valence-electron chi connectivity index (χ2n) is 5.60.